The first-order chi connectivity index (χ1) is 11.0. The van der Waals surface area contributed by atoms with E-state index in [1.165, 1.54) is 12.1 Å². The summed E-state index contributed by atoms with van der Waals surface area (Å²) in [5.41, 5.74) is 0.474. The average Bonchev–Trinajstić information content (AvgIpc) is 3.37. The third-order valence-electron chi connectivity index (χ3n) is 4.64. The van der Waals surface area contributed by atoms with Crippen molar-refractivity contribution in [1.82, 2.24) is 4.90 Å². The van der Waals surface area contributed by atoms with Gasteiger partial charge in [0, 0.05) is 24.2 Å². The summed E-state index contributed by atoms with van der Waals surface area (Å²) in [4.78, 5) is 25.2. The number of hydrogen-bond acceptors (Lipinski definition) is 3. The SMILES string of the molecule is CCC(C)C(C)N(C(=O)/C=C/c1ccccc1[N+](=O)[O-])C1CC1. The second kappa shape index (κ2) is 7.40. The Kier molecular flexibility index (Phi) is 5.53. The summed E-state index contributed by atoms with van der Waals surface area (Å²) >= 11 is 0. The molecule has 23 heavy (non-hydrogen) atoms. The van der Waals surface area contributed by atoms with Gasteiger partial charge in [0.05, 0.1) is 10.5 Å². The average molecular weight is 316 g/mol. The molecule has 1 aliphatic carbocycles. The molecule has 1 aromatic carbocycles. The van der Waals surface area contributed by atoms with Crippen LogP contribution in [0, 0.1) is 16.0 Å². The highest BCUT2D eigenvalue weighted by Crippen LogP contribution is 2.32. The van der Waals surface area contributed by atoms with Gasteiger partial charge in [0.2, 0.25) is 5.91 Å². The van der Waals surface area contributed by atoms with Crippen molar-refractivity contribution in [3.05, 3.63) is 46.0 Å². The molecule has 1 fully saturated rings. The van der Waals surface area contributed by atoms with Crippen LogP contribution < -0.4 is 0 Å². The molecule has 2 unspecified atom stereocenters. The second-order valence-corrected chi connectivity index (χ2v) is 6.25. The number of nitro benzene ring substituents is 1. The number of amides is 1. The molecule has 0 aromatic heterocycles. The van der Waals surface area contributed by atoms with Crippen LogP contribution in [-0.4, -0.2) is 27.8 Å². The number of carbonyl (C=O) groups excluding carboxylic acids is 1. The van der Waals surface area contributed by atoms with Gasteiger partial charge in [-0.05, 0) is 37.8 Å². The summed E-state index contributed by atoms with van der Waals surface area (Å²) in [5.74, 6) is 0.373. The van der Waals surface area contributed by atoms with E-state index in [1.54, 1.807) is 24.3 Å². The molecule has 0 bridgehead atoms. The molecule has 2 rings (SSSR count). The number of para-hydroxylation sites is 1. The Morgan fingerprint density at radius 1 is 1.39 bits per heavy atom. The fourth-order valence-corrected chi connectivity index (χ4v) is 2.72. The van der Waals surface area contributed by atoms with Crippen LogP contribution in [0.15, 0.2) is 30.3 Å². The number of benzene rings is 1. The summed E-state index contributed by atoms with van der Waals surface area (Å²) in [7, 11) is 0. The normalized spacial score (nSPS) is 17.0. The van der Waals surface area contributed by atoms with Crippen LogP contribution in [0.4, 0.5) is 5.69 Å². The molecule has 1 amide bonds. The number of carbonyl (C=O) groups is 1. The smallest absolute Gasteiger partial charge is 0.276 e. The zero-order valence-corrected chi connectivity index (χ0v) is 13.9. The monoisotopic (exact) mass is 316 g/mol. The molecule has 1 aliphatic rings. The van der Waals surface area contributed by atoms with Crippen molar-refractivity contribution in [2.75, 3.05) is 0 Å². The van der Waals surface area contributed by atoms with Crippen LogP contribution in [0.2, 0.25) is 0 Å². The van der Waals surface area contributed by atoms with Crippen LogP contribution in [-0.2, 0) is 4.79 Å². The topological polar surface area (TPSA) is 63.5 Å². The minimum Gasteiger partial charge on any atom is -0.333 e. The van der Waals surface area contributed by atoms with Crippen LogP contribution in [0.25, 0.3) is 6.08 Å². The fourth-order valence-electron chi connectivity index (χ4n) is 2.72. The second-order valence-electron chi connectivity index (χ2n) is 6.25. The predicted molar refractivity (Wildman–Crippen MR) is 90.9 cm³/mol. The van der Waals surface area contributed by atoms with Gasteiger partial charge >= 0.3 is 0 Å². The first-order valence-corrected chi connectivity index (χ1v) is 8.19. The molecule has 2 atom stereocenters. The highest BCUT2D eigenvalue weighted by atomic mass is 16.6. The summed E-state index contributed by atoms with van der Waals surface area (Å²) in [6.07, 6.45) is 6.14. The van der Waals surface area contributed by atoms with E-state index in [4.69, 9.17) is 0 Å². The van der Waals surface area contributed by atoms with E-state index >= 15 is 0 Å². The first-order valence-electron chi connectivity index (χ1n) is 8.19. The van der Waals surface area contributed by atoms with Gasteiger partial charge in [0.25, 0.3) is 5.69 Å². The highest BCUT2D eigenvalue weighted by molar-refractivity contribution is 5.93. The molecule has 0 heterocycles. The zero-order valence-electron chi connectivity index (χ0n) is 13.9. The number of nitro groups is 1. The molecule has 124 valence electrons. The van der Waals surface area contributed by atoms with Gasteiger partial charge in [0.1, 0.15) is 0 Å². The standard InChI is InChI=1S/C18H24N2O3/c1-4-13(2)14(3)19(16-10-11-16)18(21)12-9-15-7-5-6-8-17(15)20(22)23/h5-9,12-14,16H,4,10-11H2,1-3H3/b12-9+. The van der Waals surface area contributed by atoms with Crippen molar-refractivity contribution in [1.29, 1.82) is 0 Å². The van der Waals surface area contributed by atoms with Crippen molar-refractivity contribution >= 4 is 17.7 Å². The van der Waals surface area contributed by atoms with Gasteiger partial charge in [-0.2, -0.15) is 0 Å². The van der Waals surface area contributed by atoms with Crippen LogP contribution in [0.3, 0.4) is 0 Å². The van der Waals surface area contributed by atoms with Crippen LogP contribution in [0.5, 0.6) is 0 Å². The molecular formula is C18H24N2O3. The molecule has 0 spiro atoms. The molecule has 1 saturated carbocycles. The molecule has 0 radical (unpaired) electrons. The van der Waals surface area contributed by atoms with E-state index in [1.807, 2.05) is 4.90 Å². The summed E-state index contributed by atoms with van der Waals surface area (Å²) in [6, 6.07) is 6.96. The molecule has 0 N–H and O–H groups in total. The third kappa shape index (κ3) is 4.18. The quantitative estimate of drug-likeness (QED) is 0.433. The maximum absolute atomic E-state index is 12.6. The molecule has 0 saturated heterocycles. The lowest BCUT2D eigenvalue weighted by molar-refractivity contribution is -0.385. The van der Waals surface area contributed by atoms with Crippen molar-refractivity contribution < 1.29 is 9.72 Å². The van der Waals surface area contributed by atoms with Gasteiger partial charge in [-0.1, -0.05) is 32.4 Å². The third-order valence-corrected chi connectivity index (χ3v) is 4.64. The predicted octanol–water partition coefficient (Wildman–Crippen LogP) is 4.03. The zero-order chi connectivity index (χ0) is 17.0. The van der Waals surface area contributed by atoms with Gasteiger partial charge in [0.15, 0.2) is 0 Å². The molecule has 0 aliphatic heterocycles. The Balaban J connectivity index is 2.17. The van der Waals surface area contributed by atoms with Crippen molar-refractivity contribution in [2.45, 2.75) is 52.1 Å². The first kappa shape index (κ1) is 17.2. The fraction of sp³-hybridized carbons (Fsp3) is 0.500. The maximum Gasteiger partial charge on any atom is 0.276 e. The lowest BCUT2D eigenvalue weighted by atomic mass is 9.99. The van der Waals surface area contributed by atoms with E-state index in [0.717, 1.165) is 19.3 Å². The minimum absolute atomic E-state index is 0.0181. The van der Waals surface area contributed by atoms with Gasteiger partial charge in [-0.25, -0.2) is 0 Å². The minimum atomic E-state index is -0.426. The summed E-state index contributed by atoms with van der Waals surface area (Å²) < 4.78 is 0. The Hall–Kier alpha value is -2.17. The van der Waals surface area contributed by atoms with Crippen molar-refractivity contribution in [3.63, 3.8) is 0 Å². The lowest BCUT2D eigenvalue weighted by Gasteiger charge is -2.32. The van der Waals surface area contributed by atoms with E-state index < -0.39 is 4.92 Å². The van der Waals surface area contributed by atoms with Gasteiger partial charge < -0.3 is 4.90 Å². The van der Waals surface area contributed by atoms with Crippen molar-refractivity contribution in [2.24, 2.45) is 5.92 Å². The largest absolute Gasteiger partial charge is 0.333 e. The summed E-state index contributed by atoms with van der Waals surface area (Å²) in [6.45, 7) is 6.36. The van der Waals surface area contributed by atoms with Crippen molar-refractivity contribution in [3.8, 4) is 0 Å². The van der Waals surface area contributed by atoms with Gasteiger partial charge in [-0.15, -0.1) is 0 Å². The lowest BCUT2D eigenvalue weighted by Crippen LogP contribution is -2.42. The molecular weight excluding hydrogens is 292 g/mol. The Morgan fingerprint density at radius 2 is 2.04 bits per heavy atom. The van der Waals surface area contributed by atoms with E-state index in [9.17, 15) is 14.9 Å². The molecule has 5 heteroatoms. The number of hydrogen-bond donors (Lipinski definition) is 0. The molecule has 1 aromatic rings. The number of nitrogens with zero attached hydrogens (tertiary/aromatic N) is 2. The Labute approximate surface area is 137 Å². The van der Waals surface area contributed by atoms with Crippen LogP contribution in [0.1, 0.15) is 45.6 Å². The number of rotatable bonds is 7. The highest BCUT2D eigenvalue weighted by Gasteiger charge is 2.36. The Morgan fingerprint density at radius 3 is 2.61 bits per heavy atom. The summed E-state index contributed by atoms with van der Waals surface area (Å²) in [5, 5.41) is 11.0. The van der Waals surface area contributed by atoms with E-state index in [2.05, 4.69) is 20.8 Å². The van der Waals surface area contributed by atoms with E-state index in [-0.39, 0.29) is 17.6 Å². The van der Waals surface area contributed by atoms with E-state index in [0.29, 0.717) is 17.5 Å². The Bertz CT molecular complexity index is 608. The molecule has 5 nitrogen and oxygen atoms in total. The van der Waals surface area contributed by atoms with Crippen LogP contribution >= 0.6 is 0 Å². The maximum atomic E-state index is 12.6. The van der Waals surface area contributed by atoms with Gasteiger partial charge in [-0.3, -0.25) is 14.9 Å².